The van der Waals surface area contributed by atoms with Crippen molar-refractivity contribution in [2.75, 3.05) is 40.7 Å². The Kier molecular flexibility index (Phi) is 5.60. The predicted octanol–water partition coefficient (Wildman–Crippen LogP) is 2.97. The fourth-order valence-electron chi connectivity index (χ4n) is 3.36. The van der Waals surface area contributed by atoms with E-state index in [0.29, 0.717) is 18.8 Å². The van der Waals surface area contributed by atoms with Gasteiger partial charge in [-0.3, -0.25) is 4.72 Å². The lowest BCUT2D eigenvalue weighted by molar-refractivity contribution is 0.0697. The van der Waals surface area contributed by atoms with Gasteiger partial charge in [-0.25, -0.2) is 18.2 Å². The molecule has 0 radical (unpaired) electrons. The quantitative estimate of drug-likeness (QED) is 0.602. The maximum absolute atomic E-state index is 12.7. The highest BCUT2D eigenvalue weighted by Gasteiger charge is 2.24. The van der Waals surface area contributed by atoms with Gasteiger partial charge < -0.3 is 14.9 Å². The fraction of sp³-hybridized carbons (Fsp3) is 0.200. The molecular weight excluding hydrogens is 424 g/mol. The van der Waals surface area contributed by atoms with Crippen LogP contribution in [0.1, 0.15) is 10.4 Å². The van der Waals surface area contributed by atoms with Gasteiger partial charge >= 0.3 is 5.97 Å². The van der Waals surface area contributed by atoms with Crippen molar-refractivity contribution >= 4 is 44.5 Å². The van der Waals surface area contributed by atoms with E-state index in [1.807, 2.05) is 18.2 Å². The summed E-state index contributed by atoms with van der Waals surface area (Å²) in [6, 6.07) is 13.5. The molecule has 30 heavy (non-hydrogen) atoms. The Balaban J connectivity index is 1.59. The van der Waals surface area contributed by atoms with Crippen LogP contribution in [0.15, 0.2) is 64.3 Å². The van der Waals surface area contributed by atoms with Crippen LogP contribution in [-0.4, -0.2) is 50.7 Å². The van der Waals surface area contributed by atoms with Crippen LogP contribution in [0, 0.1) is 0 Å². The number of piperazine rings is 1. The first-order valence-electron chi connectivity index (χ1n) is 9.29. The van der Waals surface area contributed by atoms with Crippen molar-refractivity contribution in [3.05, 3.63) is 65.7 Å². The summed E-state index contributed by atoms with van der Waals surface area (Å²) < 4.78 is 28.2. The number of pyridine rings is 1. The van der Waals surface area contributed by atoms with Crippen molar-refractivity contribution in [1.82, 2.24) is 4.98 Å². The van der Waals surface area contributed by atoms with Crippen LogP contribution in [-0.2, 0) is 10.0 Å². The smallest absolute Gasteiger partial charge is 0.335 e. The van der Waals surface area contributed by atoms with E-state index in [1.54, 1.807) is 23.7 Å². The van der Waals surface area contributed by atoms with Gasteiger partial charge in [-0.2, -0.15) is 0 Å². The number of nitrogens with zero attached hydrogens (tertiary/aromatic N) is 3. The molecule has 1 aliphatic rings. The van der Waals surface area contributed by atoms with Crippen LogP contribution < -0.4 is 14.5 Å². The number of hydrogen-bond donors (Lipinski definition) is 2. The molecule has 0 aliphatic carbocycles. The standard InChI is InChI=1S/C20H20N4O4S2/c25-20(26)15-6-7-17(16(14-15)22-30(27,28)19-5-3-13-29-19)23-9-11-24(12-10-23)18-4-1-2-8-21-18/h1-8,13-14,22H,9-12H2,(H,25,26). The highest BCUT2D eigenvalue weighted by Crippen LogP contribution is 2.31. The first-order valence-corrected chi connectivity index (χ1v) is 11.6. The molecule has 0 saturated carbocycles. The molecule has 2 N–H and O–H groups in total. The zero-order valence-electron chi connectivity index (χ0n) is 15.9. The molecule has 0 bridgehead atoms. The molecule has 156 valence electrons. The Morgan fingerprint density at radius 1 is 1.03 bits per heavy atom. The zero-order chi connectivity index (χ0) is 21.1. The Bertz CT molecular complexity index is 1130. The minimum Gasteiger partial charge on any atom is -0.478 e. The van der Waals surface area contributed by atoms with Crippen LogP contribution in [0.3, 0.4) is 0 Å². The SMILES string of the molecule is O=C(O)c1ccc(N2CCN(c3ccccn3)CC2)c(NS(=O)(=O)c2cccs2)c1. The van der Waals surface area contributed by atoms with E-state index in [4.69, 9.17) is 0 Å². The molecule has 4 rings (SSSR count). The molecule has 0 unspecified atom stereocenters. The third kappa shape index (κ3) is 4.24. The normalized spacial score (nSPS) is 14.5. The Morgan fingerprint density at radius 3 is 2.43 bits per heavy atom. The summed E-state index contributed by atoms with van der Waals surface area (Å²) >= 11 is 1.10. The van der Waals surface area contributed by atoms with Gasteiger partial charge in [0.25, 0.3) is 10.0 Å². The van der Waals surface area contributed by atoms with E-state index in [9.17, 15) is 18.3 Å². The van der Waals surface area contributed by atoms with Crippen molar-refractivity contribution in [2.24, 2.45) is 0 Å². The predicted molar refractivity (Wildman–Crippen MR) is 117 cm³/mol. The molecule has 1 aromatic carbocycles. The largest absolute Gasteiger partial charge is 0.478 e. The minimum absolute atomic E-state index is 0.0229. The zero-order valence-corrected chi connectivity index (χ0v) is 17.6. The molecule has 3 heterocycles. The van der Waals surface area contributed by atoms with E-state index in [1.165, 1.54) is 18.2 Å². The van der Waals surface area contributed by atoms with E-state index >= 15 is 0 Å². The lowest BCUT2D eigenvalue weighted by Crippen LogP contribution is -2.47. The molecule has 1 saturated heterocycles. The molecule has 0 spiro atoms. The monoisotopic (exact) mass is 444 g/mol. The molecule has 10 heteroatoms. The number of aromatic nitrogens is 1. The van der Waals surface area contributed by atoms with Crippen LogP contribution in [0.25, 0.3) is 0 Å². The van der Waals surface area contributed by atoms with Crippen molar-refractivity contribution in [1.29, 1.82) is 0 Å². The van der Waals surface area contributed by atoms with Crippen LogP contribution >= 0.6 is 11.3 Å². The van der Waals surface area contributed by atoms with Gasteiger partial charge in [0.2, 0.25) is 0 Å². The Labute approximate surface area is 178 Å². The van der Waals surface area contributed by atoms with E-state index in [2.05, 4.69) is 19.5 Å². The number of carbonyl (C=O) groups is 1. The van der Waals surface area contributed by atoms with Gasteiger partial charge in [0, 0.05) is 32.4 Å². The molecule has 3 aromatic rings. The molecule has 1 aliphatic heterocycles. The number of anilines is 3. The van der Waals surface area contributed by atoms with Crippen molar-refractivity contribution in [3.63, 3.8) is 0 Å². The first-order chi connectivity index (χ1) is 14.4. The number of carboxylic acid groups (broad SMARTS) is 1. The van der Waals surface area contributed by atoms with Crippen molar-refractivity contribution < 1.29 is 18.3 Å². The number of aromatic carboxylic acids is 1. The summed E-state index contributed by atoms with van der Waals surface area (Å²) in [5.74, 6) is -0.213. The summed E-state index contributed by atoms with van der Waals surface area (Å²) in [5.41, 5.74) is 0.935. The summed E-state index contributed by atoms with van der Waals surface area (Å²) in [4.78, 5) is 20.0. The van der Waals surface area contributed by atoms with Gasteiger partial charge in [0.05, 0.1) is 16.9 Å². The number of sulfonamides is 1. The van der Waals surface area contributed by atoms with Gasteiger partial charge in [0.15, 0.2) is 0 Å². The highest BCUT2D eigenvalue weighted by atomic mass is 32.2. The molecule has 0 atom stereocenters. The minimum atomic E-state index is -3.80. The lowest BCUT2D eigenvalue weighted by atomic mass is 10.1. The average molecular weight is 445 g/mol. The van der Waals surface area contributed by atoms with E-state index in [-0.39, 0.29) is 15.5 Å². The number of hydrogen-bond acceptors (Lipinski definition) is 7. The second-order valence-corrected chi connectivity index (χ2v) is 9.59. The topological polar surface area (TPSA) is 103 Å². The third-order valence-corrected chi connectivity index (χ3v) is 7.60. The van der Waals surface area contributed by atoms with Gasteiger partial charge in [-0.1, -0.05) is 12.1 Å². The Morgan fingerprint density at radius 2 is 1.80 bits per heavy atom. The molecule has 2 aromatic heterocycles. The van der Waals surface area contributed by atoms with Crippen LogP contribution in [0.5, 0.6) is 0 Å². The van der Waals surface area contributed by atoms with Crippen molar-refractivity contribution in [3.8, 4) is 0 Å². The molecule has 1 fully saturated rings. The number of nitrogens with one attached hydrogen (secondary N) is 1. The van der Waals surface area contributed by atoms with E-state index in [0.717, 1.165) is 30.2 Å². The third-order valence-electron chi connectivity index (χ3n) is 4.84. The second kappa shape index (κ2) is 8.33. The van der Waals surface area contributed by atoms with Gasteiger partial charge in [-0.05, 0) is 41.8 Å². The summed E-state index contributed by atoms with van der Waals surface area (Å²) in [6.07, 6.45) is 1.75. The highest BCUT2D eigenvalue weighted by molar-refractivity contribution is 7.94. The molecule has 0 amide bonds. The summed E-state index contributed by atoms with van der Waals surface area (Å²) in [6.45, 7) is 2.73. The maximum atomic E-state index is 12.7. The number of carboxylic acids is 1. The first kappa shape index (κ1) is 20.2. The summed E-state index contributed by atoms with van der Waals surface area (Å²) in [7, 11) is -3.80. The van der Waals surface area contributed by atoms with Crippen LogP contribution in [0.2, 0.25) is 0 Å². The lowest BCUT2D eigenvalue weighted by Gasteiger charge is -2.37. The average Bonchev–Trinajstić information content (AvgIpc) is 3.30. The summed E-state index contributed by atoms with van der Waals surface area (Å²) in [5, 5.41) is 11.0. The number of thiophene rings is 1. The number of rotatable bonds is 6. The van der Waals surface area contributed by atoms with Gasteiger partial charge in [0.1, 0.15) is 10.0 Å². The number of benzene rings is 1. The van der Waals surface area contributed by atoms with E-state index < -0.39 is 16.0 Å². The maximum Gasteiger partial charge on any atom is 0.335 e. The molecule has 8 nitrogen and oxygen atoms in total. The molecular formula is C20H20N4O4S2. The second-order valence-electron chi connectivity index (χ2n) is 6.74. The van der Waals surface area contributed by atoms with Crippen molar-refractivity contribution in [2.45, 2.75) is 4.21 Å². The fourth-order valence-corrected chi connectivity index (χ4v) is 5.41. The van der Waals surface area contributed by atoms with Crippen LogP contribution in [0.4, 0.5) is 17.2 Å². The van der Waals surface area contributed by atoms with Gasteiger partial charge in [-0.15, -0.1) is 11.3 Å². The Hall–Kier alpha value is -3.11.